The Kier molecular flexibility index (Phi) is 5.91. The second kappa shape index (κ2) is 8.59. The van der Waals surface area contributed by atoms with Crippen molar-refractivity contribution < 1.29 is 13.6 Å². The summed E-state index contributed by atoms with van der Waals surface area (Å²) in [4.78, 5) is 22.8. The quantitative estimate of drug-likeness (QED) is 0.606. The third kappa shape index (κ3) is 4.48. The van der Waals surface area contributed by atoms with Gasteiger partial charge in [0.2, 0.25) is 0 Å². The fourth-order valence-electron chi connectivity index (χ4n) is 3.80. The molecule has 3 heterocycles. The van der Waals surface area contributed by atoms with Gasteiger partial charge in [0, 0.05) is 17.0 Å². The Morgan fingerprint density at radius 3 is 2.83 bits per heavy atom. The number of H-pyrrole nitrogens is 1. The first-order chi connectivity index (χ1) is 14.0. The Morgan fingerprint density at radius 2 is 2.14 bits per heavy atom. The van der Waals surface area contributed by atoms with E-state index in [1.165, 1.54) is 17.7 Å². The van der Waals surface area contributed by atoms with Crippen molar-refractivity contribution in [1.29, 1.82) is 0 Å². The van der Waals surface area contributed by atoms with E-state index in [1.54, 1.807) is 29.5 Å². The van der Waals surface area contributed by atoms with E-state index >= 15 is 0 Å². The molecule has 154 valence electrons. The number of amides is 1. The first kappa shape index (κ1) is 20.0. The number of piperidine rings is 1. The summed E-state index contributed by atoms with van der Waals surface area (Å²) in [5, 5.41) is 5.09. The normalized spacial score (nSPS) is 17.1. The number of thiophene rings is 1. The molecule has 2 N–H and O–H groups in total. The highest BCUT2D eigenvalue weighted by atomic mass is 32.1. The summed E-state index contributed by atoms with van der Waals surface area (Å²) in [6.45, 7) is 4.84. The summed E-state index contributed by atoms with van der Waals surface area (Å²) in [5.41, 5.74) is 1.29. The van der Waals surface area contributed by atoms with E-state index in [2.05, 4.69) is 38.6 Å². The number of nitrogens with zero attached hydrogens (tertiary/aromatic N) is 2. The first-order valence-corrected chi connectivity index (χ1v) is 10.7. The van der Waals surface area contributed by atoms with Gasteiger partial charge in [-0.2, -0.15) is 0 Å². The number of likely N-dealkylation sites (tertiary alicyclic amines) is 1. The zero-order valence-corrected chi connectivity index (χ0v) is 17.0. The van der Waals surface area contributed by atoms with E-state index in [1.807, 2.05) is 6.07 Å². The minimum atomic E-state index is -2.67. The van der Waals surface area contributed by atoms with Gasteiger partial charge in [0.05, 0.1) is 17.1 Å². The van der Waals surface area contributed by atoms with Gasteiger partial charge in [-0.15, -0.1) is 11.3 Å². The van der Waals surface area contributed by atoms with Gasteiger partial charge in [-0.25, -0.2) is 13.8 Å². The number of aromatic amines is 1. The summed E-state index contributed by atoms with van der Waals surface area (Å²) >= 11 is 1.70. The molecule has 0 saturated carbocycles. The van der Waals surface area contributed by atoms with Gasteiger partial charge in [-0.3, -0.25) is 9.69 Å². The molecular weight excluding hydrogens is 394 g/mol. The molecule has 1 aliphatic rings. The highest BCUT2D eigenvalue weighted by Crippen LogP contribution is 2.29. The standard InChI is InChI=1S/C21H24F2N4OS/c1-13-6-8-27(9-7-13)17(18-3-2-10-29-18)12-24-21(28)14-4-5-15-16(11-14)26-20(25-15)19(22)23/h2-5,10-11,13,17,19H,6-9,12H2,1H3,(H,24,28)(H,25,26). The van der Waals surface area contributed by atoms with Crippen LogP contribution in [0.1, 0.15) is 53.3 Å². The van der Waals surface area contributed by atoms with E-state index in [-0.39, 0.29) is 17.8 Å². The molecule has 0 bridgehead atoms. The van der Waals surface area contributed by atoms with Crippen molar-refractivity contribution in [1.82, 2.24) is 20.2 Å². The van der Waals surface area contributed by atoms with E-state index in [0.29, 0.717) is 23.1 Å². The molecule has 8 heteroatoms. The van der Waals surface area contributed by atoms with Crippen LogP contribution < -0.4 is 5.32 Å². The molecular formula is C21H24F2N4OS. The number of benzene rings is 1. The lowest BCUT2D eigenvalue weighted by Gasteiger charge is -2.36. The SMILES string of the molecule is CC1CCN(C(CNC(=O)c2ccc3nc(C(F)F)[nH]c3c2)c2cccs2)CC1. The predicted octanol–water partition coefficient (Wildman–Crippen LogP) is 4.77. The lowest BCUT2D eigenvalue weighted by atomic mass is 9.97. The minimum Gasteiger partial charge on any atom is -0.350 e. The lowest BCUT2D eigenvalue weighted by molar-refractivity contribution is 0.0915. The van der Waals surface area contributed by atoms with Gasteiger partial charge >= 0.3 is 0 Å². The number of hydrogen-bond donors (Lipinski definition) is 2. The van der Waals surface area contributed by atoms with Crippen LogP contribution in [0.5, 0.6) is 0 Å². The molecule has 1 saturated heterocycles. The summed E-state index contributed by atoms with van der Waals surface area (Å²) in [6, 6.07) is 9.08. The van der Waals surface area contributed by atoms with Crippen LogP contribution in [0.4, 0.5) is 8.78 Å². The topological polar surface area (TPSA) is 61.0 Å². The number of nitrogens with one attached hydrogen (secondary N) is 2. The molecule has 3 aromatic rings. The summed E-state index contributed by atoms with van der Waals surface area (Å²) in [5.74, 6) is 0.144. The number of halogens is 2. The second-order valence-electron chi connectivity index (χ2n) is 7.61. The Balaban J connectivity index is 1.47. The van der Waals surface area contributed by atoms with Crippen molar-refractivity contribution in [3.8, 4) is 0 Å². The summed E-state index contributed by atoms with van der Waals surface area (Å²) in [6.07, 6.45) is -0.337. The van der Waals surface area contributed by atoms with Crippen LogP contribution in [0.15, 0.2) is 35.7 Å². The van der Waals surface area contributed by atoms with Crippen molar-refractivity contribution in [3.05, 3.63) is 52.0 Å². The highest BCUT2D eigenvalue weighted by Gasteiger charge is 2.26. The maximum atomic E-state index is 12.8. The Bertz CT molecular complexity index is 964. The zero-order valence-electron chi connectivity index (χ0n) is 16.2. The molecule has 1 fully saturated rings. The molecule has 2 aromatic heterocycles. The number of imidazole rings is 1. The lowest BCUT2D eigenvalue weighted by Crippen LogP contribution is -2.41. The van der Waals surface area contributed by atoms with Crippen LogP contribution >= 0.6 is 11.3 Å². The van der Waals surface area contributed by atoms with Gasteiger partial charge < -0.3 is 10.3 Å². The van der Waals surface area contributed by atoms with Gasteiger partial charge in [-0.05, 0) is 61.5 Å². The maximum Gasteiger partial charge on any atom is 0.295 e. The molecule has 1 unspecified atom stereocenters. The highest BCUT2D eigenvalue weighted by molar-refractivity contribution is 7.10. The van der Waals surface area contributed by atoms with Crippen molar-refractivity contribution >= 4 is 28.3 Å². The zero-order chi connectivity index (χ0) is 20.4. The molecule has 4 rings (SSSR count). The van der Waals surface area contributed by atoms with Crippen LogP contribution in [-0.4, -0.2) is 40.4 Å². The van der Waals surface area contributed by atoms with E-state index in [0.717, 1.165) is 19.0 Å². The van der Waals surface area contributed by atoms with Gasteiger partial charge in [0.1, 0.15) is 0 Å². The van der Waals surface area contributed by atoms with Crippen LogP contribution in [-0.2, 0) is 0 Å². The second-order valence-corrected chi connectivity index (χ2v) is 8.59. The van der Waals surface area contributed by atoms with E-state index < -0.39 is 6.43 Å². The monoisotopic (exact) mass is 418 g/mol. The maximum absolute atomic E-state index is 12.8. The van der Waals surface area contributed by atoms with Crippen LogP contribution in [0.2, 0.25) is 0 Å². The molecule has 29 heavy (non-hydrogen) atoms. The predicted molar refractivity (Wildman–Crippen MR) is 110 cm³/mol. The first-order valence-electron chi connectivity index (χ1n) is 9.84. The van der Waals surface area contributed by atoms with Gasteiger partial charge in [0.25, 0.3) is 12.3 Å². The third-order valence-corrected chi connectivity index (χ3v) is 6.53. The summed E-state index contributed by atoms with van der Waals surface area (Å²) in [7, 11) is 0. The van der Waals surface area contributed by atoms with Crippen molar-refractivity contribution in [2.45, 2.75) is 32.2 Å². The Morgan fingerprint density at radius 1 is 1.34 bits per heavy atom. The average Bonchev–Trinajstić information content (AvgIpc) is 3.38. The van der Waals surface area contributed by atoms with Crippen LogP contribution in [0, 0.1) is 5.92 Å². The summed E-state index contributed by atoms with van der Waals surface area (Å²) < 4.78 is 25.7. The number of fused-ring (bicyclic) bond motifs is 1. The van der Waals surface area contributed by atoms with Gasteiger partial charge in [-0.1, -0.05) is 13.0 Å². The molecule has 1 atom stereocenters. The van der Waals surface area contributed by atoms with E-state index in [9.17, 15) is 13.6 Å². The Labute approximate surface area is 172 Å². The number of alkyl halides is 2. The smallest absolute Gasteiger partial charge is 0.295 e. The number of hydrogen-bond acceptors (Lipinski definition) is 4. The molecule has 5 nitrogen and oxygen atoms in total. The molecule has 1 aromatic carbocycles. The largest absolute Gasteiger partial charge is 0.350 e. The number of carbonyl (C=O) groups excluding carboxylic acids is 1. The number of aromatic nitrogens is 2. The molecule has 0 spiro atoms. The Hall–Kier alpha value is -2.32. The minimum absolute atomic E-state index is 0.146. The molecule has 1 aliphatic heterocycles. The number of carbonyl (C=O) groups is 1. The van der Waals surface area contributed by atoms with Gasteiger partial charge in [0.15, 0.2) is 5.82 Å². The molecule has 1 amide bonds. The number of rotatable bonds is 6. The van der Waals surface area contributed by atoms with E-state index in [4.69, 9.17) is 0 Å². The third-order valence-electron chi connectivity index (χ3n) is 5.56. The van der Waals surface area contributed by atoms with Crippen molar-refractivity contribution in [2.24, 2.45) is 5.92 Å². The van der Waals surface area contributed by atoms with Crippen LogP contribution in [0.25, 0.3) is 11.0 Å². The average molecular weight is 419 g/mol. The van der Waals surface area contributed by atoms with Crippen LogP contribution in [0.3, 0.4) is 0 Å². The fraction of sp³-hybridized carbons (Fsp3) is 0.429. The van der Waals surface area contributed by atoms with Crippen molar-refractivity contribution in [2.75, 3.05) is 19.6 Å². The fourth-order valence-corrected chi connectivity index (χ4v) is 4.66. The molecule has 0 aliphatic carbocycles. The molecule has 0 radical (unpaired) electrons. The van der Waals surface area contributed by atoms with Crippen molar-refractivity contribution in [3.63, 3.8) is 0 Å².